The van der Waals surface area contributed by atoms with Gasteiger partial charge in [0, 0.05) is 44.9 Å². The van der Waals surface area contributed by atoms with Gasteiger partial charge in [-0.3, -0.25) is 0 Å². The third kappa shape index (κ3) is 6.50. The highest BCUT2D eigenvalue weighted by Gasteiger charge is 2.70. The molecule has 1 aromatic rings. The molecule has 294 valence electrons. The molecule has 1 aromatic carbocycles. The Balaban J connectivity index is 1.07. The van der Waals surface area contributed by atoms with Gasteiger partial charge in [-0.15, -0.1) is 0 Å². The average Bonchev–Trinajstić information content (AvgIpc) is 3.51. The maximum atomic E-state index is 11.6. The molecular weight excluding hydrogens is 675 g/mol. The zero-order valence-corrected chi connectivity index (χ0v) is 35.3. The molecule has 5 aliphatic carbocycles. The van der Waals surface area contributed by atoms with E-state index in [1.54, 1.807) is 12.1 Å². The molecular formula is C47H71NO4S. The first-order valence-corrected chi connectivity index (χ1v) is 22.7. The number of benzene rings is 1. The predicted octanol–water partition coefficient (Wildman–Crippen LogP) is 10.8. The number of ether oxygens (including phenoxy) is 2. The van der Waals surface area contributed by atoms with Gasteiger partial charge in [0.25, 0.3) is 0 Å². The van der Waals surface area contributed by atoms with Crippen molar-refractivity contribution >= 4 is 27.1 Å². The minimum atomic E-state index is -0.855. The van der Waals surface area contributed by atoms with Crippen LogP contribution in [0.1, 0.15) is 129 Å². The number of carboxylic acid groups (broad SMARTS) is 1. The van der Waals surface area contributed by atoms with Gasteiger partial charge in [0.15, 0.2) is 0 Å². The van der Waals surface area contributed by atoms with E-state index >= 15 is 0 Å². The van der Waals surface area contributed by atoms with Crippen molar-refractivity contribution in [1.82, 2.24) is 4.90 Å². The van der Waals surface area contributed by atoms with Crippen LogP contribution in [0, 0.1) is 56.7 Å². The van der Waals surface area contributed by atoms with Crippen LogP contribution in [-0.2, 0) is 9.47 Å². The topological polar surface area (TPSA) is 59.0 Å². The summed E-state index contributed by atoms with van der Waals surface area (Å²) in [5, 5.41) is 10.7. The molecule has 5 fully saturated rings. The van der Waals surface area contributed by atoms with Gasteiger partial charge in [-0.1, -0.05) is 65.0 Å². The molecule has 0 radical (unpaired) electrons. The maximum absolute atomic E-state index is 11.6. The van der Waals surface area contributed by atoms with E-state index in [1.807, 2.05) is 19.2 Å². The van der Waals surface area contributed by atoms with E-state index in [-0.39, 0.29) is 10.8 Å². The van der Waals surface area contributed by atoms with E-state index in [4.69, 9.17) is 9.47 Å². The highest BCUT2D eigenvalue weighted by Crippen LogP contribution is 2.77. The van der Waals surface area contributed by atoms with Crippen molar-refractivity contribution in [2.24, 2.45) is 56.7 Å². The van der Waals surface area contributed by atoms with Crippen LogP contribution in [0.25, 0.3) is 5.57 Å². The molecule has 0 spiro atoms. The van der Waals surface area contributed by atoms with Crippen molar-refractivity contribution in [2.45, 2.75) is 113 Å². The first-order valence-electron chi connectivity index (χ1n) is 21.2. The number of rotatable bonds is 9. The number of allylic oxidation sites excluding steroid dienone is 3. The molecule has 0 unspecified atom stereocenters. The standard InChI is InChI=1S/C47H71NO4S/c1-32(2)36-17-22-47(31-52-28-10-25-48-26-29-53(30-27-48)33(3)51-9)24-23-45(7)38(41(36)47)15-16-40-44(6)20-18-37(34-11-13-35(14-12-34)42(49)50)43(4,5)39(44)19-21-46(40,45)8/h11-14,18,36,38-41H,1,10,15-17,19-31H2,2-9H3,(H,49,50)/t36-,38+,39-,40+,41+,44-,45+,46+,47+/m0/s1. The molecule has 1 N–H and O–H groups in total. The smallest absolute Gasteiger partial charge is 0.335 e. The summed E-state index contributed by atoms with van der Waals surface area (Å²) in [6, 6.07) is 7.66. The zero-order chi connectivity index (χ0) is 38.0. The largest absolute Gasteiger partial charge is 0.478 e. The minimum Gasteiger partial charge on any atom is -0.478 e. The SMILES string of the molecule is C=C(C)[C@@H]1CC[C@]2(COCCCN3CCS(=C(C)OC)CC3)CC[C@]3(C)[C@H](CC[C@@H]4[C@@]5(C)CC=C(c6ccc(C(=O)O)cc6)C(C)(C)[C@@H]5CC[C@]43C)[C@@H]12. The van der Waals surface area contributed by atoms with Gasteiger partial charge in [0.1, 0.15) is 0 Å². The quantitative estimate of drug-likeness (QED) is 0.155. The Morgan fingerprint density at radius 3 is 2.30 bits per heavy atom. The summed E-state index contributed by atoms with van der Waals surface area (Å²) in [4.78, 5) is 14.2. The Morgan fingerprint density at radius 2 is 1.64 bits per heavy atom. The zero-order valence-electron chi connectivity index (χ0n) is 34.5. The lowest BCUT2D eigenvalue weighted by Crippen LogP contribution is -2.65. The number of nitrogens with zero attached hydrogens (tertiary/aromatic N) is 1. The molecule has 1 saturated heterocycles. The van der Waals surface area contributed by atoms with Crippen molar-refractivity contribution in [3.05, 3.63) is 53.6 Å². The third-order valence-electron chi connectivity index (χ3n) is 17.4. The van der Waals surface area contributed by atoms with Crippen LogP contribution in [0.3, 0.4) is 0 Å². The molecule has 6 aliphatic rings. The van der Waals surface area contributed by atoms with Crippen LogP contribution >= 0.6 is 10.5 Å². The number of hydrogen-bond acceptors (Lipinski definition) is 4. The van der Waals surface area contributed by atoms with Gasteiger partial charge < -0.3 is 19.5 Å². The molecule has 0 aromatic heterocycles. The van der Waals surface area contributed by atoms with Crippen LogP contribution in [-0.4, -0.2) is 72.5 Å². The van der Waals surface area contributed by atoms with Gasteiger partial charge in [0.05, 0.1) is 17.2 Å². The lowest BCUT2D eigenvalue weighted by molar-refractivity contribution is -0.229. The van der Waals surface area contributed by atoms with E-state index in [2.05, 4.69) is 66.0 Å². The normalized spacial score (nSPS) is 39.6. The molecule has 0 bridgehead atoms. The average molecular weight is 746 g/mol. The first-order chi connectivity index (χ1) is 25.1. The van der Waals surface area contributed by atoms with Crippen molar-refractivity contribution in [1.29, 1.82) is 0 Å². The molecule has 9 atom stereocenters. The van der Waals surface area contributed by atoms with Gasteiger partial charge in [-0.25, -0.2) is 4.79 Å². The number of hydrogen-bond donors (Lipinski definition) is 1. The summed E-state index contributed by atoms with van der Waals surface area (Å²) < 4.78 is 12.3. The van der Waals surface area contributed by atoms with E-state index in [1.165, 1.54) is 97.7 Å². The monoisotopic (exact) mass is 746 g/mol. The van der Waals surface area contributed by atoms with Crippen molar-refractivity contribution < 1.29 is 19.4 Å². The molecule has 0 amide bonds. The highest BCUT2D eigenvalue weighted by atomic mass is 32.2. The summed E-state index contributed by atoms with van der Waals surface area (Å²) in [6.45, 7) is 27.6. The third-order valence-corrected chi connectivity index (χ3v) is 19.7. The molecule has 1 aliphatic heterocycles. The molecule has 7 rings (SSSR count). The van der Waals surface area contributed by atoms with Crippen molar-refractivity contribution in [2.75, 3.05) is 51.5 Å². The van der Waals surface area contributed by atoms with Gasteiger partial charge in [-0.05, 0) is 158 Å². The van der Waals surface area contributed by atoms with Crippen LogP contribution in [0.15, 0.2) is 42.5 Å². The van der Waals surface area contributed by atoms with Crippen LogP contribution in [0.4, 0.5) is 0 Å². The Kier molecular flexibility index (Phi) is 10.9. The summed E-state index contributed by atoms with van der Waals surface area (Å²) in [5.74, 6) is 4.98. The lowest BCUT2D eigenvalue weighted by Gasteiger charge is -2.72. The molecule has 6 heteroatoms. The predicted molar refractivity (Wildman–Crippen MR) is 223 cm³/mol. The first kappa shape index (κ1) is 39.5. The summed E-state index contributed by atoms with van der Waals surface area (Å²) in [7, 11) is 2.15. The lowest BCUT2D eigenvalue weighted by atomic mass is 9.32. The Bertz CT molecular complexity index is 1620. The Hall–Kier alpha value is -1.73. The second kappa shape index (κ2) is 14.6. The van der Waals surface area contributed by atoms with E-state index in [0.717, 1.165) is 38.5 Å². The molecule has 5 nitrogen and oxygen atoms in total. The van der Waals surface area contributed by atoms with Crippen molar-refractivity contribution in [3.63, 3.8) is 0 Å². The maximum Gasteiger partial charge on any atom is 0.335 e. The van der Waals surface area contributed by atoms with E-state index < -0.39 is 5.97 Å². The van der Waals surface area contributed by atoms with E-state index in [0.29, 0.717) is 56.0 Å². The summed E-state index contributed by atoms with van der Waals surface area (Å²) in [5.41, 5.74) is 5.61. The van der Waals surface area contributed by atoms with E-state index in [9.17, 15) is 9.90 Å². The number of aromatic carboxylic acids is 1. The fraction of sp³-hybridized carbons (Fsp3) is 0.745. The molecule has 4 saturated carbocycles. The summed E-state index contributed by atoms with van der Waals surface area (Å²) in [6.07, 6.45) is 15.3. The van der Waals surface area contributed by atoms with Gasteiger partial charge in [-0.2, -0.15) is 10.5 Å². The minimum absolute atomic E-state index is 0.0325. The van der Waals surface area contributed by atoms with Crippen LogP contribution in [0.2, 0.25) is 0 Å². The van der Waals surface area contributed by atoms with Crippen molar-refractivity contribution in [3.8, 4) is 0 Å². The van der Waals surface area contributed by atoms with Crippen LogP contribution < -0.4 is 0 Å². The molecule has 53 heavy (non-hydrogen) atoms. The number of carbonyl (C=O) groups is 1. The Labute approximate surface area is 324 Å². The fourth-order valence-electron chi connectivity index (χ4n) is 14.4. The fourth-order valence-corrected chi connectivity index (χ4v) is 16.4. The second-order valence-electron chi connectivity index (χ2n) is 19.8. The highest BCUT2D eigenvalue weighted by molar-refractivity contribution is 8.15. The molecule has 1 heterocycles. The number of carboxylic acids is 1. The van der Waals surface area contributed by atoms with Gasteiger partial charge in [0.2, 0.25) is 0 Å². The summed E-state index contributed by atoms with van der Waals surface area (Å²) >= 11 is 0. The second-order valence-corrected chi connectivity index (χ2v) is 22.2. The van der Waals surface area contributed by atoms with Crippen LogP contribution in [0.5, 0.6) is 0 Å². The number of fused-ring (bicyclic) bond motifs is 7. The Morgan fingerprint density at radius 1 is 0.925 bits per heavy atom. The van der Waals surface area contributed by atoms with Gasteiger partial charge >= 0.3 is 5.97 Å². The number of methoxy groups -OCH3 is 1.